The number of carbonyl (C=O) groups excluding carboxylic acids is 2. The molecule has 0 fully saturated rings. The van der Waals surface area contributed by atoms with Crippen molar-refractivity contribution in [2.24, 2.45) is 5.92 Å². The van der Waals surface area contributed by atoms with E-state index in [2.05, 4.69) is 5.32 Å². The fraction of sp³-hybridized carbons (Fsp3) is 0.333. The molecule has 1 unspecified atom stereocenters. The van der Waals surface area contributed by atoms with E-state index in [9.17, 15) is 14.0 Å². The molecule has 0 bridgehead atoms. The van der Waals surface area contributed by atoms with Crippen LogP contribution in [0.5, 0.6) is 0 Å². The lowest BCUT2D eigenvalue weighted by atomic mass is 10.0. The summed E-state index contributed by atoms with van der Waals surface area (Å²) in [5, 5.41) is 2.85. The van der Waals surface area contributed by atoms with E-state index in [-0.39, 0.29) is 23.5 Å². The first-order chi connectivity index (χ1) is 12.3. The van der Waals surface area contributed by atoms with E-state index < -0.39 is 6.04 Å². The molecule has 2 aromatic carbocycles. The third-order valence-corrected chi connectivity index (χ3v) is 4.21. The molecule has 2 rings (SSSR count). The number of carbonyl (C=O) groups is 2. The van der Waals surface area contributed by atoms with Crippen LogP contribution in [0.15, 0.2) is 48.5 Å². The van der Waals surface area contributed by atoms with Crippen molar-refractivity contribution in [1.29, 1.82) is 0 Å². The van der Waals surface area contributed by atoms with Crippen molar-refractivity contribution in [2.45, 2.75) is 33.4 Å². The van der Waals surface area contributed by atoms with Gasteiger partial charge >= 0.3 is 0 Å². The van der Waals surface area contributed by atoms with Gasteiger partial charge in [-0.15, -0.1) is 0 Å². The van der Waals surface area contributed by atoms with Crippen LogP contribution in [-0.2, 0) is 11.3 Å². The van der Waals surface area contributed by atoms with Crippen molar-refractivity contribution in [1.82, 2.24) is 10.2 Å². The van der Waals surface area contributed by atoms with Crippen molar-refractivity contribution >= 4 is 11.8 Å². The number of nitrogens with zero attached hydrogens (tertiary/aromatic N) is 1. The molecule has 2 aromatic rings. The number of benzene rings is 2. The molecule has 138 valence electrons. The van der Waals surface area contributed by atoms with Gasteiger partial charge in [-0.1, -0.05) is 43.7 Å². The predicted molar refractivity (Wildman–Crippen MR) is 100 cm³/mol. The molecule has 4 nitrogen and oxygen atoms in total. The maximum Gasteiger partial charge on any atom is 0.251 e. The molecule has 0 saturated carbocycles. The average molecular weight is 356 g/mol. The second kappa shape index (κ2) is 8.61. The Kier molecular flexibility index (Phi) is 6.50. The van der Waals surface area contributed by atoms with Crippen molar-refractivity contribution in [2.75, 3.05) is 7.05 Å². The van der Waals surface area contributed by atoms with Crippen LogP contribution in [0.3, 0.4) is 0 Å². The number of halogens is 1. The van der Waals surface area contributed by atoms with Crippen LogP contribution in [0.4, 0.5) is 4.39 Å². The molecule has 5 heteroatoms. The Hall–Kier alpha value is -2.69. The summed E-state index contributed by atoms with van der Waals surface area (Å²) in [5.74, 6) is -0.818. The smallest absolute Gasteiger partial charge is 0.251 e. The van der Waals surface area contributed by atoms with Crippen molar-refractivity contribution in [3.05, 3.63) is 71.0 Å². The van der Waals surface area contributed by atoms with Gasteiger partial charge in [-0.2, -0.15) is 0 Å². The Labute approximate surface area is 154 Å². The molecule has 26 heavy (non-hydrogen) atoms. The Morgan fingerprint density at radius 1 is 1.12 bits per heavy atom. The lowest BCUT2D eigenvalue weighted by Crippen LogP contribution is -2.50. The maximum absolute atomic E-state index is 13.0. The van der Waals surface area contributed by atoms with Crippen LogP contribution in [0.2, 0.25) is 0 Å². The highest BCUT2D eigenvalue weighted by atomic mass is 19.1. The second-order valence-corrected chi connectivity index (χ2v) is 6.89. The first kappa shape index (κ1) is 19.6. The average Bonchev–Trinajstić information content (AvgIpc) is 2.60. The van der Waals surface area contributed by atoms with Crippen LogP contribution in [0, 0.1) is 18.7 Å². The lowest BCUT2D eigenvalue weighted by molar-refractivity contribution is -0.133. The summed E-state index contributed by atoms with van der Waals surface area (Å²) in [6.07, 6.45) is 0. The molecular weight excluding hydrogens is 331 g/mol. The molecule has 0 saturated heterocycles. The SMILES string of the molecule is Cc1cccc(C(=O)NC(C(=O)N(C)Cc2ccc(F)cc2)C(C)C)c1. The highest BCUT2D eigenvalue weighted by molar-refractivity contribution is 5.97. The van der Waals surface area contributed by atoms with Gasteiger partial charge in [0.25, 0.3) is 5.91 Å². The third-order valence-electron chi connectivity index (χ3n) is 4.21. The molecule has 0 heterocycles. The number of amides is 2. The fourth-order valence-electron chi connectivity index (χ4n) is 2.70. The van der Waals surface area contributed by atoms with Gasteiger partial charge in [-0.05, 0) is 42.7 Å². The standard InChI is InChI=1S/C21H25FN2O2/c1-14(2)19(23-20(25)17-7-5-6-15(3)12-17)21(26)24(4)13-16-8-10-18(22)11-9-16/h5-12,14,19H,13H2,1-4H3,(H,23,25). The van der Waals surface area contributed by atoms with Gasteiger partial charge < -0.3 is 10.2 Å². The van der Waals surface area contributed by atoms with E-state index in [1.807, 2.05) is 32.9 Å². The van der Waals surface area contributed by atoms with Crippen LogP contribution in [0.25, 0.3) is 0 Å². The predicted octanol–water partition coefficient (Wildman–Crippen LogP) is 3.55. The van der Waals surface area contributed by atoms with E-state index >= 15 is 0 Å². The molecule has 0 aliphatic rings. The van der Waals surface area contributed by atoms with Gasteiger partial charge in [-0.25, -0.2) is 4.39 Å². The number of aryl methyl sites for hydroxylation is 1. The summed E-state index contributed by atoms with van der Waals surface area (Å²) < 4.78 is 13.0. The van der Waals surface area contributed by atoms with Gasteiger partial charge in [0.05, 0.1) is 0 Å². The second-order valence-electron chi connectivity index (χ2n) is 6.89. The van der Waals surface area contributed by atoms with Crippen molar-refractivity contribution < 1.29 is 14.0 Å². The first-order valence-corrected chi connectivity index (χ1v) is 8.65. The highest BCUT2D eigenvalue weighted by Crippen LogP contribution is 2.12. The Morgan fingerprint density at radius 3 is 2.35 bits per heavy atom. The minimum atomic E-state index is -0.631. The molecule has 0 aromatic heterocycles. The summed E-state index contributed by atoms with van der Waals surface area (Å²) in [5.41, 5.74) is 2.35. The topological polar surface area (TPSA) is 49.4 Å². The Bertz CT molecular complexity index is 772. The maximum atomic E-state index is 13.0. The molecule has 1 N–H and O–H groups in total. The van der Waals surface area contributed by atoms with Gasteiger partial charge in [-0.3, -0.25) is 9.59 Å². The van der Waals surface area contributed by atoms with E-state index in [1.165, 1.54) is 12.1 Å². The quantitative estimate of drug-likeness (QED) is 0.861. The van der Waals surface area contributed by atoms with E-state index in [4.69, 9.17) is 0 Å². The number of likely N-dealkylation sites (N-methyl/N-ethyl adjacent to an activating group) is 1. The van der Waals surface area contributed by atoms with E-state index in [0.717, 1.165) is 11.1 Å². The first-order valence-electron chi connectivity index (χ1n) is 8.65. The number of hydrogen-bond acceptors (Lipinski definition) is 2. The fourth-order valence-corrected chi connectivity index (χ4v) is 2.70. The Balaban J connectivity index is 2.08. The van der Waals surface area contributed by atoms with Crippen LogP contribution in [-0.4, -0.2) is 29.8 Å². The summed E-state index contributed by atoms with van der Waals surface area (Å²) in [7, 11) is 1.68. The minimum Gasteiger partial charge on any atom is -0.340 e. The number of nitrogens with one attached hydrogen (secondary N) is 1. The van der Waals surface area contributed by atoms with Gasteiger partial charge in [0, 0.05) is 19.2 Å². The van der Waals surface area contributed by atoms with Gasteiger partial charge in [0.1, 0.15) is 11.9 Å². The summed E-state index contributed by atoms with van der Waals surface area (Å²) in [6, 6.07) is 12.7. The summed E-state index contributed by atoms with van der Waals surface area (Å²) in [4.78, 5) is 26.9. The number of hydrogen-bond donors (Lipinski definition) is 1. The minimum absolute atomic E-state index is 0.0630. The van der Waals surface area contributed by atoms with Crippen LogP contribution >= 0.6 is 0 Å². The monoisotopic (exact) mass is 356 g/mol. The normalized spacial score (nSPS) is 11.9. The van der Waals surface area contributed by atoms with Crippen molar-refractivity contribution in [3.8, 4) is 0 Å². The molecule has 2 amide bonds. The third kappa shape index (κ3) is 5.15. The van der Waals surface area contributed by atoms with E-state index in [1.54, 1.807) is 36.2 Å². The molecule has 0 spiro atoms. The molecule has 1 atom stereocenters. The summed E-state index contributed by atoms with van der Waals surface area (Å²) >= 11 is 0. The Morgan fingerprint density at radius 2 is 1.77 bits per heavy atom. The molecule has 0 aliphatic heterocycles. The zero-order valence-corrected chi connectivity index (χ0v) is 15.6. The van der Waals surface area contributed by atoms with E-state index in [0.29, 0.717) is 12.1 Å². The zero-order chi connectivity index (χ0) is 19.3. The number of rotatable bonds is 6. The lowest BCUT2D eigenvalue weighted by Gasteiger charge is -2.27. The highest BCUT2D eigenvalue weighted by Gasteiger charge is 2.27. The van der Waals surface area contributed by atoms with Gasteiger partial charge in [0.2, 0.25) is 5.91 Å². The molecule has 0 radical (unpaired) electrons. The van der Waals surface area contributed by atoms with Crippen LogP contribution in [0.1, 0.15) is 35.3 Å². The largest absolute Gasteiger partial charge is 0.340 e. The van der Waals surface area contributed by atoms with Crippen LogP contribution < -0.4 is 5.32 Å². The van der Waals surface area contributed by atoms with Gasteiger partial charge in [0.15, 0.2) is 0 Å². The molecule has 0 aliphatic carbocycles. The zero-order valence-electron chi connectivity index (χ0n) is 15.6. The summed E-state index contributed by atoms with van der Waals surface area (Å²) in [6.45, 7) is 6.05. The van der Waals surface area contributed by atoms with Crippen molar-refractivity contribution in [3.63, 3.8) is 0 Å². The molecular formula is C21H25FN2O2.